The van der Waals surface area contributed by atoms with Crippen LogP contribution < -0.4 is 10.6 Å². The summed E-state index contributed by atoms with van der Waals surface area (Å²) in [7, 11) is 0. The monoisotopic (exact) mass is 403 g/mol. The summed E-state index contributed by atoms with van der Waals surface area (Å²) in [6.45, 7) is 5.95. The van der Waals surface area contributed by atoms with Crippen LogP contribution in [-0.2, 0) is 11.4 Å². The summed E-state index contributed by atoms with van der Waals surface area (Å²) in [4.78, 5) is 14.5. The molecule has 0 aliphatic carbocycles. The lowest BCUT2D eigenvalue weighted by atomic mass is 10.1. The van der Waals surface area contributed by atoms with Crippen molar-refractivity contribution < 1.29 is 9.53 Å². The highest BCUT2D eigenvalue weighted by atomic mass is 32.2. The van der Waals surface area contributed by atoms with Crippen LogP contribution in [0.1, 0.15) is 49.1 Å². The molecule has 3 rings (SSSR count). The topological polar surface area (TPSA) is 86.3 Å². The average molecular weight is 404 g/mol. The highest BCUT2D eigenvalue weighted by Crippen LogP contribution is 2.24. The smallest absolute Gasteiger partial charge is 0.233 e. The molecule has 1 aromatic carbocycles. The van der Waals surface area contributed by atoms with E-state index < -0.39 is 0 Å². The van der Waals surface area contributed by atoms with Crippen LogP contribution in [0.4, 0.5) is 0 Å². The third kappa shape index (κ3) is 5.19. The molecular formula is C20H29N5O2S. The second kappa shape index (κ2) is 9.82. The van der Waals surface area contributed by atoms with Crippen molar-refractivity contribution in [3.63, 3.8) is 0 Å². The summed E-state index contributed by atoms with van der Waals surface area (Å²) in [6, 6.07) is 6.02. The highest BCUT2D eigenvalue weighted by Gasteiger charge is 2.18. The zero-order chi connectivity index (χ0) is 19.9. The van der Waals surface area contributed by atoms with Gasteiger partial charge in [0.25, 0.3) is 0 Å². The summed E-state index contributed by atoms with van der Waals surface area (Å²) in [6.07, 6.45) is 5.86. The van der Waals surface area contributed by atoms with E-state index in [0.29, 0.717) is 16.7 Å². The minimum absolute atomic E-state index is 0.142. The number of aromatic nitrogens is 3. The average Bonchev–Trinajstić information content (AvgIpc) is 2.99. The first kappa shape index (κ1) is 20.5. The van der Waals surface area contributed by atoms with E-state index >= 15 is 0 Å². The molecule has 1 aromatic heterocycles. The number of carbonyl (C=O) groups is 1. The number of ether oxygens (including phenoxy) is 1. The van der Waals surface area contributed by atoms with Crippen molar-refractivity contribution in [2.45, 2.75) is 57.7 Å². The van der Waals surface area contributed by atoms with Crippen molar-refractivity contribution in [2.75, 3.05) is 24.7 Å². The molecule has 8 heteroatoms. The summed E-state index contributed by atoms with van der Waals surface area (Å²) in [5, 5.41) is 8.78. The molecule has 1 fully saturated rings. The fourth-order valence-electron chi connectivity index (χ4n) is 3.38. The van der Waals surface area contributed by atoms with Gasteiger partial charge < -0.3 is 15.5 Å². The Morgan fingerprint density at radius 1 is 1.11 bits per heavy atom. The van der Waals surface area contributed by atoms with Crippen LogP contribution in [-0.4, -0.2) is 44.5 Å². The number of nitrogen functional groups attached to an aromatic ring is 1. The number of benzene rings is 1. The summed E-state index contributed by atoms with van der Waals surface area (Å²) < 4.78 is 7.32. The fourth-order valence-corrected chi connectivity index (χ4v) is 4.16. The molecule has 2 N–H and O–H groups in total. The number of nitrogens with two attached hydrogens (primary N) is 1. The molecule has 1 saturated heterocycles. The molecule has 0 saturated carbocycles. The van der Waals surface area contributed by atoms with Gasteiger partial charge in [-0.1, -0.05) is 49.2 Å². The van der Waals surface area contributed by atoms with E-state index in [4.69, 9.17) is 10.6 Å². The molecule has 0 atom stereocenters. The maximum absolute atomic E-state index is 12.5. The largest absolute Gasteiger partial charge is 0.485 e. The number of para-hydroxylation sites is 1. The number of aryl methyl sites for hydroxylation is 2. The van der Waals surface area contributed by atoms with E-state index in [1.165, 1.54) is 35.7 Å². The fraction of sp³-hybridized carbons (Fsp3) is 0.550. The third-order valence-corrected chi connectivity index (χ3v) is 5.95. The number of thioether (sulfide) groups is 1. The van der Waals surface area contributed by atoms with Crippen LogP contribution in [0.2, 0.25) is 0 Å². The van der Waals surface area contributed by atoms with E-state index in [-0.39, 0.29) is 12.5 Å². The molecule has 152 valence electrons. The summed E-state index contributed by atoms with van der Waals surface area (Å²) in [5.74, 6) is 7.96. The number of hydrogen-bond acceptors (Lipinski definition) is 6. The summed E-state index contributed by atoms with van der Waals surface area (Å²) >= 11 is 1.33. The lowest BCUT2D eigenvalue weighted by molar-refractivity contribution is -0.128. The Hall–Kier alpha value is -2.22. The maximum atomic E-state index is 12.5. The molecule has 28 heavy (non-hydrogen) atoms. The quantitative estimate of drug-likeness (QED) is 0.589. The molecule has 2 aromatic rings. The van der Waals surface area contributed by atoms with Gasteiger partial charge in [0.2, 0.25) is 11.1 Å². The van der Waals surface area contributed by atoms with Crippen LogP contribution in [0.15, 0.2) is 23.4 Å². The SMILES string of the molecule is Cc1cccc(C)c1OCc1nnc(SCC(=O)N2CCCCCCC2)n1N. The minimum Gasteiger partial charge on any atom is -0.485 e. The lowest BCUT2D eigenvalue weighted by Gasteiger charge is -2.24. The third-order valence-electron chi connectivity index (χ3n) is 5.02. The van der Waals surface area contributed by atoms with Crippen molar-refractivity contribution in [1.29, 1.82) is 0 Å². The Balaban J connectivity index is 1.55. The van der Waals surface area contributed by atoms with Crippen molar-refractivity contribution >= 4 is 17.7 Å². The Kier molecular flexibility index (Phi) is 7.19. The second-order valence-corrected chi connectivity index (χ2v) is 8.16. The van der Waals surface area contributed by atoms with Crippen LogP contribution >= 0.6 is 11.8 Å². The molecule has 2 heterocycles. The lowest BCUT2D eigenvalue weighted by Crippen LogP contribution is -2.35. The molecular weight excluding hydrogens is 374 g/mol. The number of hydrogen-bond donors (Lipinski definition) is 1. The second-order valence-electron chi connectivity index (χ2n) is 7.22. The predicted molar refractivity (Wildman–Crippen MR) is 111 cm³/mol. The van der Waals surface area contributed by atoms with Crippen LogP contribution in [0, 0.1) is 13.8 Å². The van der Waals surface area contributed by atoms with Gasteiger partial charge >= 0.3 is 0 Å². The first-order valence-electron chi connectivity index (χ1n) is 9.85. The van der Waals surface area contributed by atoms with Crippen molar-refractivity contribution in [3.8, 4) is 5.75 Å². The number of carbonyl (C=O) groups excluding carboxylic acids is 1. The van der Waals surface area contributed by atoms with Gasteiger partial charge in [-0.15, -0.1) is 10.2 Å². The number of likely N-dealkylation sites (tertiary alicyclic amines) is 1. The Labute approximate surface area is 170 Å². The molecule has 1 aliphatic heterocycles. The van der Waals surface area contributed by atoms with Gasteiger partial charge in [0, 0.05) is 13.1 Å². The van der Waals surface area contributed by atoms with E-state index in [0.717, 1.165) is 42.8 Å². The van der Waals surface area contributed by atoms with Crippen LogP contribution in [0.25, 0.3) is 0 Å². The van der Waals surface area contributed by atoms with Crippen LogP contribution in [0.3, 0.4) is 0 Å². The van der Waals surface area contributed by atoms with Crippen LogP contribution in [0.5, 0.6) is 5.75 Å². The van der Waals surface area contributed by atoms with Crippen molar-refractivity contribution in [1.82, 2.24) is 19.8 Å². The van der Waals surface area contributed by atoms with Gasteiger partial charge in [0.15, 0.2) is 5.82 Å². The number of amides is 1. The minimum atomic E-state index is 0.142. The van der Waals surface area contributed by atoms with Gasteiger partial charge in [0.05, 0.1) is 5.75 Å². The van der Waals surface area contributed by atoms with Gasteiger partial charge in [0.1, 0.15) is 12.4 Å². The Morgan fingerprint density at radius 2 is 1.75 bits per heavy atom. The Bertz CT molecular complexity index is 780. The van der Waals surface area contributed by atoms with Crippen molar-refractivity contribution in [2.24, 2.45) is 0 Å². The molecule has 0 bridgehead atoms. The molecule has 0 spiro atoms. The molecule has 1 amide bonds. The normalized spacial score (nSPS) is 15.1. The predicted octanol–water partition coefficient (Wildman–Crippen LogP) is 3.07. The first-order chi connectivity index (χ1) is 13.6. The van der Waals surface area contributed by atoms with E-state index in [2.05, 4.69) is 10.2 Å². The molecule has 1 aliphatic rings. The zero-order valence-electron chi connectivity index (χ0n) is 16.7. The van der Waals surface area contributed by atoms with Gasteiger partial charge in [-0.05, 0) is 37.8 Å². The van der Waals surface area contributed by atoms with Crippen molar-refractivity contribution in [3.05, 3.63) is 35.2 Å². The van der Waals surface area contributed by atoms with Gasteiger partial charge in [-0.2, -0.15) is 0 Å². The molecule has 7 nitrogen and oxygen atoms in total. The summed E-state index contributed by atoms with van der Waals surface area (Å²) in [5.41, 5.74) is 2.13. The van der Waals surface area contributed by atoms with E-state index in [1.807, 2.05) is 36.9 Å². The Morgan fingerprint density at radius 3 is 2.43 bits per heavy atom. The van der Waals surface area contributed by atoms with E-state index in [9.17, 15) is 4.79 Å². The van der Waals surface area contributed by atoms with Gasteiger partial charge in [-0.3, -0.25) is 4.79 Å². The number of nitrogens with zero attached hydrogens (tertiary/aromatic N) is 4. The maximum Gasteiger partial charge on any atom is 0.233 e. The highest BCUT2D eigenvalue weighted by molar-refractivity contribution is 7.99. The van der Waals surface area contributed by atoms with Gasteiger partial charge in [-0.25, -0.2) is 4.68 Å². The zero-order valence-corrected chi connectivity index (χ0v) is 17.5. The first-order valence-corrected chi connectivity index (χ1v) is 10.8. The number of rotatable bonds is 6. The van der Waals surface area contributed by atoms with E-state index in [1.54, 1.807) is 0 Å². The molecule has 0 radical (unpaired) electrons. The standard InChI is InChI=1S/C20H29N5O2S/c1-15-9-8-10-16(2)19(15)27-13-17-22-23-20(25(17)21)28-14-18(26)24-11-6-4-3-5-7-12-24/h8-10H,3-7,11-14,21H2,1-2H3. The molecule has 0 unspecified atom stereocenters.